The van der Waals surface area contributed by atoms with E-state index in [1.807, 2.05) is 18.2 Å². The number of nitrogens with zero attached hydrogens (tertiary/aromatic N) is 1. The minimum atomic E-state index is -0.197. The topological polar surface area (TPSA) is 73.6 Å². The van der Waals surface area contributed by atoms with Crippen molar-refractivity contribution >= 4 is 5.91 Å². The average Bonchev–Trinajstić information content (AvgIpc) is 2.98. The predicted octanol–water partition coefficient (Wildman–Crippen LogP) is 2.88. The molecular weight excluding hydrogens is 296 g/mol. The normalized spacial score (nSPS) is 14.6. The molecule has 0 saturated heterocycles. The monoisotopic (exact) mass is 316 g/mol. The fourth-order valence-corrected chi connectivity index (χ4v) is 2.62. The number of rotatable bonds is 4. The Morgan fingerprint density at radius 3 is 2.61 bits per heavy atom. The van der Waals surface area contributed by atoms with Gasteiger partial charge in [0.25, 0.3) is 5.91 Å². The van der Waals surface area contributed by atoms with Gasteiger partial charge >= 0.3 is 0 Å². The van der Waals surface area contributed by atoms with Gasteiger partial charge in [-0.1, -0.05) is 25.1 Å². The lowest BCUT2D eigenvalue weighted by Crippen LogP contribution is -2.32. The van der Waals surface area contributed by atoms with Crippen LogP contribution in [0.25, 0.3) is 0 Å². The Morgan fingerprint density at radius 1 is 1.22 bits per heavy atom. The van der Waals surface area contributed by atoms with Gasteiger partial charge in [-0.05, 0) is 30.5 Å². The third kappa shape index (κ3) is 3.16. The number of fused-ring (bicyclic) bond motifs is 1. The van der Waals surface area contributed by atoms with Gasteiger partial charge < -0.3 is 19.3 Å². The Labute approximate surface area is 134 Å². The predicted molar refractivity (Wildman–Crippen MR) is 83.7 cm³/mol. The summed E-state index contributed by atoms with van der Waals surface area (Å²) in [6.45, 7) is 6.93. The first-order valence-corrected chi connectivity index (χ1v) is 7.68. The van der Waals surface area contributed by atoms with E-state index >= 15 is 0 Å². The van der Waals surface area contributed by atoms with E-state index in [0.29, 0.717) is 24.5 Å². The second-order valence-corrected chi connectivity index (χ2v) is 5.89. The maximum Gasteiger partial charge on any atom is 0.257 e. The average molecular weight is 316 g/mol. The zero-order valence-electron chi connectivity index (χ0n) is 13.5. The van der Waals surface area contributed by atoms with Crippen LogP contribution in [0.5, 0.6) is 11.5 Å². The fraction of sp³-hybridized carbons (Fsp3) is 0.412. The summed E-state index contributed by atoms with van der Waals surface area (Å²) in [6.07, 6.45) is 1.44. The maximum atomic E-state index is 12.4. The van der Waals surface area contributed by atoms with Gasteiger partial charge in [0.05, 0.1) is 12.2 Å². The molecule has 0 radical (unpaired) electrons. The Balaban J connectivity index is 1.84. The zero-order chi connectivity index (χ0) is 16.4. The molecule has 0 aliphatic carbocycles. The zero-order valence-corrected chi connectivity index (χ0v) is 13.5. The molecule has 0 spiro atoms. The molecule has 1 atom stereocenters. The number of nitrogens with one attached hydrogen (secondary N) is 1. The van der Waals surface area contributed by atoms with Crippen molar-refractivity contribution in [2.75, 3.05) is 13.2 Å². The van der Waals surface area contributed by atoms with Gasteiger partial charge in [-0.25, -0.2) is 0 Å². The lowest BCUT2D eigenvalue weighted by Gasteiger charge is -2.25. The molecular formula is C17H20N2O4. The molecule has 0 fully saturated rings. The molecule has 2 heterocycles. The smallest absolute Gasteiger partial charge is 0.257 e. The first-order valence-electron chi connectivity index (χ1n) is 7.68. The van der Waals surface area contributed by atoms with E-state index in [9.17, 15) is 4.79 Å². The van der Waals surface area contributed by atoms with Crippen molar-refractivity contribution in [3.05, 3.63) is 41.3 Å². The van der Waals surface area contributed by atoms with E-state index in [1.54, 1.807) is 6.92 Å². The highest BCUT2D eigenvalue weighted by Gasteiger charge is 2.23. The molecule has 1 unspecified atom stereocenters. The number of carbonyl (C=O) groups is 1. The fourth-order valence-electron chi connectivity index (χ4n) is 2.62. The Kier molecular flexibility index (Phi) is 4.23. The molecule has 1 N–H and O–H groups in total. The quantitative estimate of drug-likeness (QED) is 0.939. The van der Waals surface area contributed by atoms with Crippen LogP contribution < -0.4 is 14.8 Å². The summed E-state index contributed by atoms with van der Waals surface area (Å²) in [5, 5.41) is 6.70. The van der Waals surface area contributed by atoms with Crippen molar-refractivity contribution < 1.29 is 18.8 Å². The van der Waals surface area contributed by atoms with Crippen LogP contribution in [0.15, 0.2) is 28.9 Å². The molecule has 0 saturated carbocycles. The van der Waals surface area contributed by atoms with Crippen molar-refractivity contribution in [3.8, 4) is 11.5 Å². The van der Waals surface area contributed by atoms with Crippen molar-refractivity contribution in [3.63, 3.8) is 0 Å². The van der Waals surface area contributed by atoms with Crippen LogP contribution in [0.4, 0.5) is 0 Å². The molecule has 122 valence electrons. The first-order chi connectivity index (χ1) is 11.1. The highest BCUT2D eigenvalue weighted by atomic mass is 16.6. The molecule has 1 aliphatic rings. The molecule has 1 aromatic carbocycles. The van der Waals surface area contributed by atoms with E-state index in [1.165, 1.54) is 6.20 Å². The minimum absolute atomic E-state index is 0.146. The van der Waals surface area contributed by atoms with E-state index in [-0.39, 0.29) is 17.9 Å². The largest absolute Gasteiger partial charge is 0.486 e. The highest BCUT2D eigenvalue weighted by Crippen LogP contribution is 2.34. The lowest BCUT2D eigenvalue weighted by atomic mass is 9.95. The SMILES string of the molecule is Cc1oncc1C(=O)NC(c1ccc2c(c1)OCCO2)C(C)C. The summed E-state index contributed by atoms with van der Waals surface area (Å²) in [6, 6.07) is 5.63. The molecule has 1 aliphatic heterocycles. The molecule has 2 aromatic rings. The van der Waals surface area contributed by atoms with Gasteiger partial charge in [0.1, 0.15) is 24.5 Å². The number of carbonyl (C=O) groups excluding carboxylic acids is 1. The van der Waals surface area contributed by atoms with Crippen molar-refractivity contribution in [1.82, 2.24) is 10.5 Å². The van der Waals surface area contributed by atoms with Gasteiger partial charge in [0.2, 0.25) is 0 Å². The van der Waals surface area contributed by atoms with E-state index < -0.39 is 0 Å². The van der Waals surface area contributed by atoms with Crippen molar-refractivity contribution in [1.29, 1.82) is 0 Å². The molecule has 3 rings (SSSR count). The molecule has 6 heteroatoms. The third-order valence-corrected chi connectivity index (χ3v) is 3.87. The standard InChI is InChI=1S/C17H20N2O4/c1-10(2)16(19-17(20)13-9-18-23-11(13)3)12-4-5-14-15(8-12)22-7-6-21-14/h4-5,8-10,16H,6-7H2,1-3H3,(H,19,20). The number of benzene rings is 1. The molecule has 0 bridgehead atoms. The minimum Gasteiger partial charge on any atom is -0.486 e. The summed E-state index contributed by atoms with van der Waals surface area (Å²) in [5.41, 5.74) is 1.43. The number of hydrogen-bond acceptors (Lipinski definition) is 5. The number of ether oxygens (including phenoxy) is 2. The van der Waals surface area contributed by atoms with Gasteiger partial charge in [0, 0.05) is 0 Å². The van der Waals surface area contributed by atoms with Gasteiger partial charge in [-0.3, -0.25) is 4.79 Å². The van der Waals surface area contributed by atoms with Crippen LogP contribution in [0, 0.1) is 12.8 Å². The first kappa shape index (κ1) is 15.4. The van der Waals surface area contributed by atoms with Gasteiger partial charge in [-0.2, -0.15) is 0 Å². The summed E-state index contributed by atoms with van der Waals surface area (Å²) >= 11 is 0. The van der Waals surface area contributed by atoms with E-state index in [2.05, 4.69) is 24.3 Å². The number of aryl methyl sites for hydroxylation is 1. The van der Waals surface area contributed by atoms with Gasteiger partial charge in [-0.15, -0.1) is 0 Å². The summed E-state index contributed by atoms with van der Waals surface area (Å²) in [5.74, 6) is 1.98. The molecule has 6 nitrogen and oxygen atoms in total. The Morgan fingerprint density at radius 2 is 1.96 bits per heavy atom. The van der Waals surface area contributed by atoms with E-state index in [4.69, 9.17) is 14.0 Å². The van der Waals surface area contributed by atoms with Crippen LogP contribution in [-0.4, -0.2) is 24.3 Å². The van der Waals surface area contributed by atoms with Crippen LogP contribution in [0.3, 0.4) is 0 Å². The Bertz CT molecular complexity index is 708. The second kappa shape index (κ2) is 6.32. The Hall–Kier alpha value is -2.50. The van der Waals surface area contributed by atoms with Crippen LogP contribution in [-0.2, 0) is 0 Å². The maximum absolute atomic E-state index is 12.4. The second-order valence-electron chi connectivity index (χ2n) is 5.89. The van der Waals surface area contributed by atoms with Gasteiger partial charge in [0.15, 0.2) is 11.5 Å². The third-order valence-electron chi connectivity index (χ3n) is 3.87. The number of hydrogen-bond donors (Lipinski definition) is 1. The van der Waals surface area contributed by atoms with Crippen molar-refractivity contribution in [2.45, 2.75) is 26.8 Å². The molecule has 1 amide bonds. The lowest BCUT2D eigenvalue weighted by molar-refractivity contribution is 0.0923. The summed E-state index contributed by atoms with van der Waals surface area (Å²) < 4.78 is 16.1. The van der Waals surface area contributed by atoms with Crippen LogP contribution in [0.2, 0.25) is 0 Å². The van der Waals surface area contributed by atoms with Crippen molar-refractivity contribution in [2.24, 2.45) is 5.92 Å². The highest BCUT2D eigenvalue weighted by molar-refractivity contribution is 5.95. The van der Waals surface area contributed by atoms with E-state index in [0.717, 1.165) is 17.1 Å². The number of amides is 1. The molecule has 1 aromatic heterocycles. The summed E-state index contributed by atoms with van der Waals surface area (Å²) in [7, 11) is 0. The number of aromatic nitrogens is 1. The molecule has 23 heavy (non-hydrogen) atoms. The van der Waals surface area contributed by atoms with Crippen LogP contribution >= 0.6 is 0 Å². The van der Waals surface area contributed by atoms with Crippen LogP contribution in [0.1, 0.15) is 41.6 Å². The summed E-state index contributed by atoms with van der Waals surface area (Å²) in [4.78, 5) is 12.4.